The maximum absolute atomic E-state index is 11.7. The van der Waals surface area contributed by atoms with Crippen LogP contribution in [0.5, 0.6) is 0 Å². The Kier molecular flexibility index (Phi) is 5.44. The van der Waals surface area contributed by atoms with Gasteiger partial charge < -0.3 is 15.7 Å². The highest BCUT2D eigenvalue weighted by atomic mass is 16.4. The van der Waals surface area contributed by atoms with Crippen LogP contribution in [0.1, 0.15) is 46.5 Å². The minimum atomic E-state index is -0.992. The number of rotatable bonds is 5. The Balaban J connectivity index is 2.42. The summed E-state index contributed by atoms with van der Waals surface area (Å²) in [6.07, 6.45) is 4.74. The van der Waals surface area contributed by atoms with Gasteiger partial charge in [0, 0.05) is 6.04 Å². The first-order chi connectivity index (χ1) is 8.41. The summed E-state index contributed by atoms with van der Waals surface area (Å²) in [6, 6.07) is -1.11. The van der Waals surface area contributed by atoms with Crippen molar-refractivity contribution in [3.05, 3.63) is 0 Å². The number of urea groups is 1. The molecule has 1 unspecified atom stereocenters. The number of carboxylic acids is 1. The second kappa shape index (κ2) is 6.61. The average molecular weight is 256 g/mol. The summed E-state index contributed by atoms with van der Waals surface area (Å²) in [6.45, 7) is 5.54. The molecule has 0 saturated heterocycles. The predicted octanol–water partition coefficient (Wildman–Crippen LogP) is 1.97. The van der Waals surface area contributed by atoms with Gasteiger partial charge >= 0.3 is 12.0 Å². The molecule has 0 aliphatic heterocycles. The van der Waals surface area contributed by atoms with Crippen LogP contribution in [-0.2, 0) is 4.79 Å². The van der Waals surface area contributed by atoms with Crippen LogP contribution in [0.2, 0.25) is 0 Å². The molecule has 5 heteroatoms. The van der Waals surface area contributed by atoms with Gasteiger partial charge in [-0.05, 0) is 31.6 Å². The Morgan fingerprint density at radius 1 is 1.11 bits per heavy atom. The smallest absolute Gasteiger partial charge is 0.326 e. The number of carbonyl (C=O) groups is 2. The molecular weight excluding hydrogens is 232 g/mol. The largest absolute Gasteiger partial charge is 0.480 e. The van der Waals surface area contributed by atoms with E-state index in [1.807, 2.05) is 6.92 Å². The Labute approximate surface area is 108 Å². The van der Waals surface area contributed by atoms with Crippen molar-refractivity contribution in [2.24, 2.45) is 11.8 Å². The summed E-state index contributed by atoms with van der Waals surface area (Å²) in [7, 11) is 0. The van der Waals surface area contributed by atoms with Crippen LogP contribution >= 0.6 is 0 Å². The molecule has 1 saturated carbocycles. The molecule has 0 spiro atoms. The molecule has 0 aromatic heterocycles. The van der Waals surface area contributed by atoms with Gasteiger partial charge in [-0.15, -0.1) is 0 Å². The van der Waals surface area contributed by atoms with Crippen molar-refractivity contribution >= 4 is 12.0 Å². The fourth-order valence-corrected chi connectivity index (χ4v) is 2.48. The molecule has 0 bridgehead atoms. The summed E-state index contributed by atoms with van der Waals surface area (Å²) < 4.78 is 0. The third kappa shape index (κ3) is 4.20. The van der Waals surface area contributed by atoms with E-state index in [0.29, 0.717) is 5.92 Å². The second-order valence-electron chi connectivity index (χ2n) is 5.51. The second-order valence-corrected chi connectivity index (χ2v) is 5.51. The van der Waals surface area contributed by atoms with Crippen LogP contribution in [0.3, 0.4) is 0 Å². The van der Waals surface area contributed by atoms with Crippen molar-refractivity contribution in [2.75, 3.05) is 0 Å². The first-order valence-electron chi connectivity index (χ1n) is 6.71. The normalized spacial score (nSPS) is 19.6. The number of amides is 2. The SMILES string of the molecule is CC(NC(=O)N[C@@H](C(=O)O)C(C)C)C1CCCC1. The molecule has 0 radical (unpaired) electrons. The Bertz CT molecular complexity index is 299. The molecule has 0 aromatic rings. The topological polar surface area (TPSA) is 78.4 Å². The lowest BCUT2D eigenvalue weighted by atomic mass is 10.00. The van der Waals surface area contributed by atoms with Gasteiger partial charge in [-0.2, -0.15) is 0 Å². The van der Waals surface area contributed by atoms with Gasteiger partial charge in [-0.25, -0.2) is 9.59 Å². The summed E-state index contributed by atoms with van der Waals surface area (Å²) in [5, 5.41) is 14.4. The van der Waals surface area contributed by atoms with E-state index < -0.39 is 12.0 Å². The van der Waals surface area contributed by atoms with Crippen LogP contribution in [0.4, 0.5) is 4.79 Å². The van der Waals surface area contributed by atoms with Gasteiger partial charge in [0.25, 0.3) is 0 Å². The van der Waals surface area contributed by atoms with Crippen molar-refractivity contribution in [1.82, 2.24) is 10.6 Å². The van der Waals surface area contributed by atoms with Crippen molar-refractivity contribution in [1.29, 1.82) is 0 Å². The number of carbonyl (C=O) groups excluding carboxylic acids is 1. The minimum absolute atomic E-state index is 0.106. The fraction of sp³-hybridized carbons (Fsp3) is 0.846. The van der Waals surface area contributed by atoms with Crippen molar-refractivity contribution in [3.63, 3.8) is 0 Å². The third-order valence-corrected chi connectivity index (χ3v) is 3.69. The fourth-order valence-electron chi connectivity index (χ4n) is 2.48. The van der Waals surface area contributed by atoms with Gasteiger partial charge in [0.15, 0.2) is 0 Å². The van der Waals surface area contributed by atoms with Crippen LogP contribution < -0.4 is 10.6 Å². The monoisotopic (exact) mass is 256 g/mol. The maximum atomic E-state index is 11.7. The van der Waals surface area contributed by atoms with Crippen molar-refractivity contribution in [2.45, 2.75) is 58.5 Å². The van der Waals surface area contributed by atoms with Gasteiger partial charge in [0.2, 0.25) is 0 Å². The molecule has 0 heterocycles. The number of hydrogen-bond donors (Lipinski definition) is 3. The summed E-state index contributed by atoms with van der Waals surface area (Å²) in [5.74, 6) is -0.596. The van der Waals surface area contributed by atoms with E-state index in [-0.39, 0.29) is 18.0 Å². The zero-order chi connectivity index (χ0) is 13.7. The third-order valence-electron chi connectivity index (χ3n) is 3.69. The molecule has 3 N–H and O–H groups in total. The van der Waals surface area contributed by atoms with Crippen molar-refractivity contribution < 1.29 is 14.7 Å². The molecule has 104 valence electrons. The van der Waals surface area contributed by atoms with Crippen LogP contribution in [-0.4, -0.2) is 29.2 Å². The number of hydrogen-bond acceptors (Lipinski definition) is 2. The Morgan fingerprint density at radius 2 is 1.67 bits per heavy atom. The average Bonchev–Trinajstić information content (AvgIpc) is 2.78. The molecule has 2 atom stereocenters. The van der Waals surface area contributed by atoms with Gasteiger partial charge in [-0.3, -0.25) is 0 Å². The number of nitrogens with one attached hydrogen (secondary N) is 2. The molecule has 1 aliphatic rings. The lowest BCUT2D eigenvalue weighted by molar-refractivity contribution is -0.140. The summed E-state index contributed by atoms with van der Waals surface area (Å²) in [5.41, 5.74) is 0. The van der Waals surface area contributed by atoms with Crippen LogP contribution in [0.15, 0.2) is 0 Å². The molecule has 18 heavy (non-hydrogen) atoms. The number of aliphatic carboxylic acids is 1. The lowest BCUT2D eigenvalue weighted by Gasteiger charge is -2.23. The highest BCUT2D eigenvalue weighted by Crippen LogP contribution is 2.27. The molecule has 5 nitrogen and oxygen atoms in total. The van der Waals surface area contributed by atoms with Crippen LogP contribution in [0.25, 0.3) is 0 Å². The van der Waals surface area contributed by atoms with E-state index in [1.165, 1.54) is 12.8 Å². The van der Waals surface area contributed by atoms with Gasteiger partial charge in [-0.1, -0.05) is 26.7 Å². The molecule has 1 rings (SSSR count). The molecular formula is C13H24N2O3. The zero-order valence-electron chi connectivity index (χ0n) is 11.4. The van der Waals surface area contributed by atoms with E-state index in [0.717, 1.165) is 12.8 Å². The molecule has 1 fully saturated rings. The molecule has 2 amide bonds. The van der Waals surface area contributed by atoms with Gasteiger partial charge in [0.05, 0.1) is 0 Å². The molecule has 1 aliphatic carbocycles. The lowest BCUT2D eigenvalue weighted by Crippen LogP contribution is -2.51. The summed E-state index contributed by atoms with van der Waals surface area (Å²) in [4.78, 5) is 22.7. The molecule has 0 aromatic carbocycles. The summed E-state index contributed by atoms with van der Waals surface area (Å²) >= 11 is 0. The van der Waals surface area contributed by atoms with E-state index in [4.69, 9.17) is 5.11 Å². The number of carboxylic acid groups (broad SMARTS) is 1. The zero-order valence-corrected chi connectivity index (χ0v) is 11.4. The maximum Gasteiger partial charge on any atom is 0.326 e. The van der Waals surface area contributed by atoms with E-state index >= 15 is 0 Å². The van der Waals surface area contributed by atoms with E-state index in [2.05, 4.69) is 10.6 Å². The van der Waals surface area contributed by atoms with Crippen LogP contribution in [0, 0.1) is 11.8 Å². The standard InChI is InChI=1S/C13H24N2O3/c1-8(2)11(12(16)17)15-13(18)14-9(3)10-6-4-5-7-10/h8-11H,4-7H2,1-3H3,(H,16,17)(H2,14,15,18)/t9?,11-/m1/s1. The Morgan fingerprint density at radius 3 is 2.11 bits per heavy atom. The first kappa shape index (κ1) is 14.8. The highest BCUT2D eigenvalue weighted by molar-refractivity contribution is 5.82. The van der Waals surface area contributed by atoms with Crippen molar-refractivity contribution in [3.8, 4) is 0 Å². The van der Waals surface area contributed by atoms with Gasteiger partial charge in [0.1, 0.15) is 6.04 Å². The predicted molar refractivity (Wildman–Crippen MR) is 69.3 cm³/mol. The quantitative estimate of drug-likeness (QED) is 0.703. The highest BCUT2D eigenvalue weighted by Gasteiger charge is 2.26. The minimum Gasteiger partial charge on any atom is -0.480 e. The van der Waals surface area contributed by atoms with E-state index in [9.17, 15) is 9.59 Å². The van der Waals surface area contributed by atoms with E-state index in [1.54, 1.807) is 13.8 Å². The first-order valence-corrected chi connectivity index (χ1v) is 6.71. The Hall–Kier alpha value is -1.26.